The van der Waals surface area contributed by atoms with Gasteiger partial charge in [0.1, 0.15) is 5.75 Å². The van der Waals surface area contributed by atoms with Crippen LogP contribution in [0.1, 0.15) is 38.2 Å². The number of rotatable bonds is 7. The SMILES string of the molecule is CCCCCCc1ccc2cc3cccc(OP(=O)(O)S)c3cc2c1. The van der Waals surface area contributed by atoms with Gasteiger partial charge < -0.3 is 9.42 Å². The van der Waals surface area contributed by atoms with Crippen LogP contribution >= 0.6 is 19.0 Å². The number of fused-ring (bicyclic) bond motifs is 2. The van der Waals surface area contributed by atoms with Crippen molar-refractivity contribution in [3.63, 3.8) is 0 Å². The second-order valence-electron chi connectivity index (χ2n) is 6.40. The van der Waals surface area contributed by atoms with Crippen molar-refractivity contribution in [1.82, 2.24) is 0 Å². The monoisotopic (exact) mass is 374 g/mol. The molecule has 0 aliphatic carbocycles. The quantitative estimate of drug-likeness (QED) is 0.214. The number of hydrogen-bond acceptors (Lipinski definition) is 2. The van der Waals surface area contributed by atoms with Crippen molar-refractivity contribution in [2.45, 2.75) is 39.0 Å². The second kappa shape index (κ2) is 7.82. The first-order valence-electron chi connectivity index (χ1n) is 8.67. The topological polar surface area (TPSA) is 46.5 Å². The zero-order chi connectivity index (χ0) is 17.9. The normalized spacial score (nSPS) is 13.9. The van der Waals surface area contributed by atoms with Crippen LogP contribution in [0.2, 0.25) is 0 Å². The van der Waals surface area contributed by atoms with Crippen molar-refractivity contribution in [2.75, 3.05) is 0 Å². The molecule has 0 aliphatic rings. The third-order valence-electron chi connectivity index (χ3n) is 4.40. The van der Waals surface area contributed by atoms with E-state index in [1.807, 2.05) is 18.2 Å². The van der Waals surface area contributed by atoms with Crippen LogP contribution in [-0.2, 0) is 11.0 Å². The van der Waals surface area contributed by atoms with E-state index in [0.29, 0.717) is 5.75 Å². The van der Waals surface area contributed by atoms with Crippen molar-refractivity contribution in [3.05, 3.63) is 54.1 Å². The summed E-state index contributed by atoms with van der Waals surface area (Å²) in [6.07, 6.45) is 6.07. The maximum atomic E-state index is 11.5. The van der Waals surface area contributed by atoms with Gasteiger partial charge in [-0.1, -0.05) is 56.5 Å². The summed E-state index contributed by atoms with van der Waals surface area (Å²) in [5.41, 5.74) is 1.32. The highest BCUT2D eigenvalue weighted by molar-refractivity contribution is 8.44. The van der Waals surface area contributed by atoms with Gasteiger partial charge in [0.05, 0.1) is 0 Å². The minimum absolute atomic E-state index is 0.383. The molecule has 0 amide bonds. The summed E-state index contributed by atoms with van der Waals surface area (Å²) in [6, 6.07) is 16.1. The second-order valence-corrected chi connectivity index (χ2v) is 9.08. The average Bonchev–Trinajstić information content (AvgIpc) is 2.56. The molecule has 0 radical (unpaired) electrons. The van der Waals surface area contributed by atoms with Crippen LogP contribution in [-0.4, -0.2) is 4.89 Å². The zero-order valence-corrected chi connectivity index (χ0v) is 16.1. The van der Waals surface area contributed by atoms with E-state index in [1.165, 1.54) is 31.2 Å². The average molecular weight is 374 g/mol. The molecule has 0 aliphatic heterocycles. The Bertz CT molecular complexity index is 933. The van der Waals surface area contributed by atoms with E-state index in [2.05, 4.69) is 43.4 Å². The van der Waals surface area contributed by atoms with Crippen LogP contribution in [0.4, 0.5) is 0 Å². The van der Waals surface area contributed by atoms with E-state index in [0.717, 1.165) is 28.0 Å². The van der Waals surface area contributed by atoms with Crippen LogP contribution < -0.4 is 4.52 Å². The van der Waals surface area contributed by atoms with Crippen molar-refractivity contribution < 1.29 is 14.0 Å². The molecule has 3 aromatic rings. The zero-order valence-electron chi connectivity index (χ0n) is 14.3. The first-order chi connectivity index (χ1) is 12.0. The predicted octanol–water partition coefficient (Wildman–Crippen LogP) is 6.52. The number of aryl methyl sites for hydroxylation is 1. The summed E-state index contributed by atoms with van der Waals surface area (Å²) >= 11 is 3.63. The van der Waals surface area contributed by atoms with Crippen LogP contribution in [0.15, 0.2) is 48.5 Å². The standard InChI is InChI=1S/C20H23O3PS/c1-2-3-4-5-7-15-10-11-16-13-17-8-6-9-20(23-24(21,22)25)19(17)14-18(16)12-15/h6,8-14H,2-5,7H2,1H3,(H2,21,22,25). The molecule has 3 rings (SSSR count). The minimum atomic E-state index is -3.89. The Labute approximate surface area is 153 Å². The van der Waals surface area contributed by atoms with Gasteiger partial charge in [0, 0.05) is 5.39 Å². The molecule has 0 saturated carbocycles. The lowest BCUT2D eigenvalue weighted by Gasteiger charge is -2.12. The molecule has 0 saturated heterocycles. The maximum Gasteiger partial charge on any atom is 0.434 e. The van der Waals surface area contributed by atoms with Gasteiger partial charge in [-0.15, -0.1) is 0 Å². The molecule has 0 fully saturated rings. The molecule has 132 valence electrons. The summed E-state index contributed by atoms with van der Waals surface area (Å²) < 4.78 is 16.7. The third-order valence-corrected chi connectivity index (χ3v) is 5.08. The molecule has 25 heavy (non-hydrogen) atoms. The lowest BCUT2D eigenvalue weighted by Crippen LogP contribution is -1.89. The van der Waals surface area contributed by atoms with Gasteiger partial charge in [-0.25, -0.2) is 4.57 Å². The Balaban J connectivity index is 1.97. The number of thiol groups is 1. The van der Waals surface area contributed by atoms with Gasteiger partial charge in [0.25, 0.3) is 0 Å². The molecule has 1 unspecified atom stereocenters. The lowest BCUT2D eigenvalue weighted by atomic mass is 9.99. The van der Waals surface area contributed by atoms with Gasteiger partial charge in [-0.2, -0.15) is 0 Å². The van der Waals surface area contributed by atoms with Crippen LogP contribution in [0.25, 0.3) is 21.5 Å². The molecule has 0 bridgehead atoms. The van der Waals surface area contributed by atoms with Gasteiger partial charge in [-0.3, -0.25) is 0 Å². The summed E-state index contributed by atoms with van der Waals surface area (Å²) in [6.45, 7) is -1.67. The van der Waals surface area contributed by atoms with Crippen LogP contribution in [0.5, 0.6) is 5.75 Å². The lowest BCUT2D eigenvalue weighted by molar-refractivity contribution is 0.405. The Morgan fingerprint density at radius 2 is 1.84 bits per heavy atom. The Kier molecular flexibility index (Phi) is 5.73. The fraction of sp³-hybridized carbons (Fsp3) is 0.300. The summed E-state index contributed by atoms with van der Waals surface area (Å²) in [5.74, 6) is 0.383. The number of hydrogen-bond donors (Lipinski definition) is 2. The maximum absolute atomic E-state index is 11.5. The number of benzene rings is 3. The minimum Gasteiger partial charge on any atom is -0.417 e. The van der Waals surface area contributed by atoms with Crippen molar-refractivity contribution >= 4 is 40.6 Å². The van der Waals surface area contributed by atoms with E-state index in [4.69, 9.17) is 4.52 Å². The highest BCUT2D eigenvalue weighted by atomic mass is 32.7. The highest BCUT2D eigenvalue weighted by Gasteiger charge is 2.15. The van der Waals surface area contributed by atoms with Gasteiger partial charge in [-0.05, 0) is 65.0 Å². The Morgan fingerprint density at radius 1 is 1.00 bits per heavy atom. The molecule has 3 aromatic carbocycles. The summed E-state index contributed by atoms with van der Waals surface area (Å²) in [7, 11) is 0. The van der Waals surface area contributed by atoms with E-state index >= 15 is 0 Å². The van der Waals surface area contributed by atoms with E-state index in [9.17, 15) is 9.46 Å². The fourth-order valence-corrected chi connectivity index (χ4v) is 3.84. The third kappa shape index (κ3) is 4.78. The highest BCUT2D eigenvalue weighted by Crippen LogP contribution is 2.48. The fourth-order valence-electron chi connectivity index (χ4n) is 3.16. The molecule has 1 atom stereocenters. The van der Waals surface area contributed by atoms with Crippen LogP contribution in [0.3, 0.4) is 0 Å². The Hall–Kier alpha value is -1.48. The van der Waals surface area contributed by atoms with E-state index in [-0.39, 0.29) is 0 Å². The Morgan fingerprint density at radius 3 is 2.60 bits per heavy atom. The molecule has 5 heteroatoms. The molecular weight excluding hydrogens is 351 g/mol. The van der Waals surface area contributed by atoms with Crippen molar-refractivity contribution in [2.24, 2.45) is 0 Å². The van der Waals surface area contributed by atoms with E-state index < -0.39 is 6.80 Å². The number of unbranched alkanes of at least 4 members (excludes halogenated alkanes) is 3. The molecule has 0 spiro atoms. The first kappa shape index (κ1) is 18.3. The van der Waals surface area contributed by atoms with Gasteiger partial charge >= 0.3 is 6.80 Å². The first-order valence-corrected chi connectivity index (χ1v) is 11.4. The smallest absolute Gasteiger partial charge is 0.417 e. The van der Waals surface area contributed by atoms with Crippen molar-refractivity contribution in [1.29, 1.82) is 0 Å². The summed E-state index contributed by atoms with van der Waals surface area (Å²) in [4.78, 5) is 9.43. The molecule has 0 heterocycles. The molecular formula is C20H23O3PS. The van der Waals surface area contributed by atoms with Crippen LogP contribution in [0, 0.1) is 0 Å². The molecule has 1 N–H and O–H groups in total. The summed E-state index contributed by atoms with van der Waals surface area (Å²) in [5, 5.41) is 4.06. The van der Waals surface area contributed by atoms with E-state index in [1.54, 1.807) is 6.07 Å². The molecule has 0 aromatic heterocycles. The largest absolute Gasteiger partial charge is 0.434 e. The van der Waals surface area contributed by atoms with Crippen molar-refractivity contribution in [3.8, 4) is 5.75 Å². The predicted molar refractivity (Wildman–Crippen MR) is 109 cm³/mol. The van der Waals surface area contributed by atoms with Gasteiger partial charge in [0.2, 0.25) is 0 Å². The molecule has 3 nitrogen and oxygen atoms in total. The van der Waals surface area contributed by atoms with Gasteiger partial charge in [0.15, 0.2) is 0 Å².